The molecule has 0 radical (unpaired) electrons. The van der Waals surface area contributed by atoms with Crippen molar-refractivity contribution in [3.8, 4) is 17.1 Å². The van der Waals surface area contributed by atoms with Crippen LogP contribution < -0.4 is 11.0 Å². The predicted octanol–water partition coefficient (Wildman–Crippen LogP) is 4.77. The largest absolute Gasteiger partial charge is 0.288 e. The van der Waals surface area contributed by atoms with Crippen LogP contribution in [0, 0.1) is 5.82 Å². The van der Waals surface area contributed by atoms with Gasteiger partial charge in [0.2, 0.25) is 5.43 Å². The molecule has 0 N–H and O–H groups in total. The summed E-state index contributed by atoms with van der Waals surface area (Å²) in [6.07, 6.45) is 0. The number of hydrogen-bond acceptors (Lipinski definition) is 4. The van der Waals surface area contributed by atoms with Crippen molar-refractivity contribution in [2.45, 2.75) is 0 Å². The van der Waals surface area contributed by atoms with Crippen LogP contribution in [0.15, 0.2) is 88.5 Å². The quantitative estimate of drug-likeness (QED) is 0.401. The molecular weight excluding hydrogens is 387 g/mol. The number of hydrogen-bond donors (Lipinski definition) is 0. The van der Waals surface area contributed by atoms with E-state index in [0.717, 1.165) is 4.70 Å². The van der Waals surface area contributed by atoms with Crippen molar-refractivity contribution in [2.75, 3.05) is 0 Å². The van der Waals surface area contributed by atoms with Gasteiger partial charge in [0.15, 0.2) is 0 Å². The number of rotatable bonds is 2. The van der Waals surface area contributed by atoms with Crippen LogP contribution in [0.5, 0.6) is 0 Å². The van der Waals surface area contributed by atoms with Crippen LogP contribution in [-0.2, 0) is 0 Å². The molecule has 5 aromatic rings. The topological polar surface area (TPSA) is 52.0 Å². The maximum absolute atomic E-state index is 13.5. The van der Waals surface area contributed by atoms with E-state index in [1.807, 2.05) is 30.3 Å². The minimum absolute atomic E-state index is 0.0587. The third-order valence-electron chi connectivity index (χ3n) is 4.73. The number of fused-ring (bicyclic) bond motifs is 2. The lowest BCUT2D eigenvalue weighted by molar-refractivity contribution is 0.628. The Bertz CT molecular complexity index is 1490. The summed E-state index contributed by atoms with van der Waals surface area (Å²) in [5.41, 5.74) is 0.403. The highest BCUT2D eigenvalue weighted by atomic mass is 32.1. The van der Waals surface area contributed by atoms with Crippen molar-refractivity contribution in [3.05, 3.63) is 105 Å². The molecule has 0 saturated carbocycles. The van der Waals surface area contributed by atoms with Gasteiger partial charge in [-0.05, 0) is 48.5 Å². The Morgan fingerprint density at radius 2 is 1.52 bits per heavy atom. The molecule has 2 heterocycles. The first-order valence-electron chi connectivity index (χ1n) is 8.93. The van der Waals surface area contributed by atoms with Crippen molar-refractivity contribution in [1.82, 2.24) is 9.55 Å². The second kappa shape index (κ2) is 6.76. The summed E-state index contributed by atoms with van der Waals surface area (Å²) in [7, 11) is 0. The molecule has 0 spiro atoms. The summed E-state index contributed by atoms with van der Waals surface area (Å²) >= 11 is 1.30. The number of aromatic nitrogens is 2. The van der Waals surface area contributed by atoms with Crippen molar-refractivity contribution >= 4 is 31.6 Å². The zero-order chi connectivity index (χ0) is 20.0. The molecule has 5 rings (SSSR count). The summed E-state index contributed by atoms with van der Waals surface area (Å²) in [6, 6.07) is 22.0. The van der Waals surface area contributed by atoms with Gasteiger partial charge in [0, 0.05) is 15.6 Å². The monoisotopic (exact) mass is 400 g/mol. The predicted molar refractivity (Wildman–Crippen MR) is 114 cm³/mol. The molecule has 0 unspecified atom stereocenters. The second-order valence-electron chi connectivity index (χ2n) is 6.53. The Labute approximate surface area is 168 Å². The molecule has 29 heavy (non-hydrogen) atoms. The molecule has 0 bridgehead atoms. The van der Waals surface area contributed by atoms with E-state index >= 15 is 0 Å². The van der Waals surface area contributed by atoms with Gasteiger partial charge in [-0.25, -0.2) is 9.37 Å². The standard InChI is InChI=1S/C23H13FN2O2S/c24-15-12-10-14(11-13-15)21-25-22-19(20(27)17-8-4-5-9-18(17)29-22)23(28)26(21)16-6-2-1-3-7-16/h1-13H. The third-order valence-corrected chi connectivity index (χ3v) is 5.80. The molecule has 0 aliphatic heterocycles. The fourth-order valence-corrected chi connectivity index (χ4v) is 4.40. The molecule has 0 fully saturated rings. The van der Waals surface area contributed by atoms with Gasteiger partial charge < -0.3 is 0 Å². The van der Waals surface area contributed by atoms with Gasteiger partial charge >= 0.3 is 0 Å². The Hall–Kier alpha value is -3.64. The highest BCUT2D eigenvalue weighted by molar-refractivity contribution is 7.24. The number of nitrogens with zero attached hydrogens (tertiary/aromatic N) is 2. The van der Waals surface area contributed by atoms with E-state index in [0.29, 0.717) is 27.3 Å². The summed E-state index contributed by atoms with van der Waals surface area (Å²) in [4.78, 5) is 31.6. The lowest BCUT2D eigenvalue weighted by Gasteiger charge is -2.13. The van der Waals surface area contributed by atoms with Crippen molar-refractivity contribution in [2.24, 2.45) is 0 Å². The van der Waals surface area contributed by atoms with Crippen LogP contribution in [0.25, 0.3) is 37.4 Å². The normalized spacial score (nSPS) is 11.2. The molecule has 0 amide bonds. The van der Waals surface area contributed by atoms with Gasteiger partial charge in [0.1, 0.15) is 21.9 Å². The molecule has 3 aromatic carbocycles. The van der Waals surface area contributed by atoms with Crippen LogP contribution >= 0.6 is 11.3 Å². The minimum Gasteiger partial charge on any atom is -0.288 e. The molecule has 140 valence electrons. The van der Waals surface area contributed by atoms with Crippen molar-refractivity contribution in [1.29, 1.82) is 0 Å². The maximum atomic E-state index is 13.5. The van der Waals surface area contributed by atoms with Crippen molar-refractivity contribution < 1.29 is 4.39 Å². The Balaban J connectivity index is 1.97. The Morgan fingerprint density at radius 3 is 2.28 bits per heavy atom. The second-order valence-corrected chi connectivity index (χ2v) is 7.56. The summed E-state index contributed by atoms with van der Waals surface area (Å²) in [6.45, 7) is 0. The number of halogens is 1. The fraction of sp³-hybridized carbons (Fsp3) is 0. The molecule has 6 heteroatoms. The summed E-state index contributed by atoms with van der Waals surface area (Å²) in [5, 5.41) is 0.557. The first-order chi connectivity index (χ1) is 14.1. The number of para-hydroxylation sites is 1. The number of benzene rings is 3. The molecule has 0 atom stereocenters. The fourth-order valence-electron chi connectivity index (χ4n) is 3.36. The first-order valence-corrected chi connectivity index (χ1v) is 9.75. The highest BCUT2D eigenvalue weighted by Gasteiger charge is 2.18. The summed E-state index contributed by atoms with van der Waals surface area (Å²) < 4.78 is 15.6. The minimum atomic E-state index is -0.437. The van der Waals surface area contributed by atoms with Gasteiger partial charge in [-0.2, -0.15) is 0 Å². The molecule has 2 aromatic heterocycles. The first kappa shape index (κ1) is 17.5. The highest BCUT2D eigenvalue weighted by Crippen LogP contribution is 2.26. The third kappa shape index (κ3) is 2.85. The Kier molecular flexibility index (Phi) is 4.07. The van der Waals surface area contributed by atoms with E-state index < -0.39 is 5.56 Å². The molecule has 0 aliphatic rings. The van der Waals surface area contributed by atoms with Crippen LogP contribution in [0.4, 0.5) is 4.39 Å². The lowest BCUT2D eigenvalue weighted by Crippen LogP contribution is -2.26. The van der Waals surface area contributed by atoms with E-state index in [1.165, 1.54) is 28.0 Å². The van der Waals surface area contributed by atoms with E-state index in [1.54, 1.807) is 36.4 Å². The smallest absolute Gasteiger partial charge is 0.271 e. The van der Waals surface area contributed by atoms with Crippen LogP contribution in [0.2, 0.25) is 0 Å². The van der Waals surface area contributed by atoms with Gasteiger partial charge in [-0.3, -0.25) is 14.2 Å². The molecule has 4 nitrogen and oxygen atoms in total. The zero-order valence-electron chi connectivity index (χ0n) is 15.0. The van der Waals surface area contributed by atoms with E-state index in [-0.39, 0.29) is 16.6 Å². The van der Waals surface area contributed by atoms with Gasteiger partial charge in [0.25, 0.3) is 5.56 Å². The molecular formula is C23H13FN2O2S. The zero-order valence-corrected chi connectivity index (χ0v) is 15.8. The Morgan fingerprint density at radius 1 is 0.828 bits per heavy atom. The van der Waals surface area contributed by atoms with E-state index in [2.05, 4.69) is 4.98 Å². The SMILES string of the molecule is O=c1c2ccccc2sc2nc(-c3ccc(F)cc3)n(-c3ccccc3)c(=O)c12. The van der Waals surface area contributed by atoms with Gasteiger partial charge in [0.05, 0.1) is 5.69 Å². The van der Waals surface area contributed by atoms with Crippen LogP contribution in [0.1, 0.15) is 0 Å². The maximum Gasteiger partial charge on any atom is 0.271 e. The van der Waals surface area contributed by atoms with E-state index in [9.17, 15) is 14.0 Å². The average molecular weight is 400 g/mol. The van der Waals surface area contributed by atoms with Crippen LogP contribution in [0.3, 0.4) is 0 Å². The van der Waals surface area contributed by atoms with Gasteiger partial charge in [-0.15, -0.1) is 11.3 Å². The van der Waals surface area contributed by atoms with E-state index in [4.69, 9.17) is 0 Å². The average Bonchev–Trinajstić information content (AvgIpc) is 2.75. The molecule has 0 saturated heterocycles. The van der Waals surface area contributed by atoms with Crippen molar-refractivity contribution in [3.63, 3.8) is 0 Å². The lowest BCUT2D eigenvalue weighted by atomic mass is 10.1. The van der Waals surface area contributed by atoms with Gasteiger partial charge in [-0.1, -0.05) is 30.3 Å². The molecule has 0 aliphatic carbocycles. The summed E-state index contributed by atoms with van der Waals surface area (Å²) in [5.74, 6) is -0.0153. The van der Waals surface area contributed by atoms with Crippen LogP contribution in [-0.4, -0.2) is 9.55 Å².